The molecule has 0 amide bonds. The van der Waals surface area contributed by atoms with Crippen molar-refractivity contribution in [2.45, 2.75) is 31.6 Å². The molecule has 0 radical (unpaired) electrons. The number of para-hydroxylation sites is 2. The van der Waals surface area contributed by atoms with Crippen molar-refractivity contribution in [3.05, 3.63) is 204 Å². The first-order chi connectivity index (χ1) is 29.3. The molecule has 1 aliphatic carbocycles. The lowest BCUT2D eigenvalue weighted by molar-refractivity contribution is -0.137. The predicted molar refractivity (Wildman–Crippen MR) is 236 cm³/mol. The molecule has 300 valence electrons. The maximum atomic E-state index is 14.4. The molecule has 0 N–H and O–H groups in total. The van der Waals surface area contributed by atoms with Crippen LogP contribution in [0.25, 0.3) is 43.4 Å². The molecule has 0 aliphatic heterocycles. The van der Waals surface area contributed by atoms with Crippen LogP contribution in [-0.4, -0.2) is 0 Å². The molecular weight excluding hydrogens is 779 g/mol. The van der Waals surface area contributed by atoms with Crippen LogP contribution >= 0.6 is 0 Å². The van der Waals surface area contributed by atoms with E-state index < -0.39 is 28.9 Å². The summed E-state index contributed by atoms with van der Waals surface area (Å²) in [6.07, 6.45) is -9.07. The maximum absolute atomic E-state index is 14.4. The molecule has 0 spiro atoms. The Labute approximate surface area is 348 Å². The average Bonchev–Trinajstić information content (AvgIpc) is 3.49. The number of anilines is 6. The fourth-order valence-corrected chi connectivity index (χ4v) is 9.32. The van der Waals surface area contributed by atoms with E-state index in [2.05, 4.69) is 49.1 Å². The molecule has 9 aromatic carbocycles. The highest BCUT2D eigenvalue weighted by Crippen LogP contribution is 2.56. The Morgan fingerprint density at radius 3 is 1.30 bits per heavy atom. The van der Waals surface area contributed by atoms with Crippen molar-refractivity contribution >= 4 is 66.4 Å². The smallest absolute Gasteiger partial charge is 0.310 e. The van der Waals surface area contributed by atoms with Crippen molar-refractivity contribution in [2.75, 3.05) is 9.80 Å². The van der Waals surface area contributed by atoms with Crippen LogP contribution in [0.2, 0.25) is 0 Å². The molecule has 9 aromatic rings. The topological polar surface area (TPSA) is 6.48 Å². The van der Waals surface area contributed by atoms with Gasteiger partial charge in [-0.3, -0.25) is 0 Å². The van der Waals surface area contributed by atoms with Gasteiger partial charge in [0.25, 0.3) is 0 Å². The van der Waals surface area contributed by atoms with Crippen molar-refractivity contribution < 1.29 is 26.3 Å². The van der Waals surface area contributed by atoms with Crippen molar-refractivity contribution in [2.24, 2.45) is 0 Å². The molecule has 0 bridgehead atoms. The van der Waals surface area contributed by atoms with E-state index in [-0.39, 0.29) is 10.8 Å². The second-order valence-corrected chi connectivity index (χ2v) is 15.9. The van der Waals surface area contributed by atoms with Gasteiger partial charge in [-0.1, -0.05) is 129 Å². The van der Waals surface area contributed by atoms with E-state index in [1.54, 1.807) is 48.5 Å². The Balaban J connectivity index is 1.19. The van der Waals surface area contributed by atoms with Gasteiger partial charge in [0.15, 0.2) is 0 Å². The number of benzene rings is 9. The molecule has 8 heteroatoms. The number of fused-ring (bicyclic) bond motifs is 7. The fraction of sp³-hybridized carbons (Fsp3) is 0.0943. The van der Waals surface area contributed by atoms with Gasteiger partial charge in [-0.05, 0) is 105 Å². The maximum Gasteiger partial charge on any atom is 0.417 e. The molecule has 0 aromatic heterocycles. The van der Waals surface area contributed by atoms with Crippen LogP contribution in [-0.2, 0) is 17.8 Å². The van der Waals surface area contributed by atoms with Gasteiger partial charge in [0, 0.05) is 38.6 Å². The predicted octanol–water partition coefficient (Wildman–Crippen LogP) is 16.4. The van der Waals surface area contributed by atoms with Gasteiger partial charge in [-0.25, -0.2) is 0 Å². The van der Waals surface area contributed by atoms with Crippen molar-refractivity contribution in [1.82, 2.24) is 0 Å². The zero-order chi connectivity index (χ0) is 42.3. The third-order valence-electron chi connectivity index (χ3n) is 12.1. The zero-order valence-corrected chi connectivity index (χ0v) is 33.0. The van der Waals surface area contributed by atoms with E-state index in [1.807, 2.05) is 83.8 Å². The Bertz CT molecular complexity index is 3150. The molecule has 10 rings (SSSR count). The van der Waals surface area contributed by atoms with Gasteiger partial charge < -0.3 is 9.80 Å². The minimum absolute atomic E-state index is 0.114. The Hall–Kier alpha value is -7.06. The lowest BCUT2D eigenvalue weighted by Crippen LogP contribution is -2.18. The van der Waals surface area contributed by atoms with E-state index in [0.717, 1.165) is 61.8 Å². The molecule has 1 aliphatic rings. The van der Waals surface area contributed by atoms with Crippen molar-refractivity contribution in [3.63, 3.8) is 0 Å². The monoisotopic (exact) mass is 814 g/mol. The van der Waals surface area contributed by atoms with Crippen LogP contribution < -0.4 is 9.80 Å². The minimum atomic E-state index is -4.54. The van der Waals surface area contributed by atoms with Crippen LogP contribution in [0.15, 0.2) is 182 Å². The van der Waals surface area contributed by atoms with Crippen LogP contribution in [0, 0.1) is 0 Å². The fourth-order valence-electron chi connectivity index (χ4n) is 9.32. The van der Waals surface area contributed by atoms with Crippen LogP contribution in [0.3, 0.4) is 0 Å². The van der Waals surface area contributed by atoms with Gasteiger partial charge >= 0.3 is 12.4 Å². The summed E-state index contributed by atoms with van der Waals surface area (Å²) in [6.45, 7) is 4.33. The van der Waals surface area contributed by atoms with E-state index in [9.17, 15) is 26.3 Å². The molecule has 0 atom stereocenters. The van der Waals surface area contributed by atoms with E-state index in [4.69, 9.17) is 0 Å². The largest absolute Gasteiger partial charge is 0.417 e. The molecule has 0 saturated heterocycles. The van der Waals surface area contributed by atoms with E-state index in [0.29, 0.717) is 22.1 Å². The Morgan fingerprint density at radius 1 is 0.361 bits per heavy atom. The second kappa shape index (κ2) is 14.0. The summed E-state index contributed by atoms with van der Waals surface area (Å²) < 4.78 is 86.2. The summed E-state index contributed by atoms with van der Waals surface area (Å²) in [4.78, 5) is 4.07. The van der Waals surface area contributed by atoms with Crippen LogP contribution in [0.5, 0.6) is 0 Å². The number of rotatable bonds is 6. The average molecular weight is 815 g/mol. The molecule has 0 fully saturated rings. The first-order valence-electron chi connectivity index (χ1n) is 19.9. The van der Waals surface area contributed by atoms with E-state index in [1.165, 1.54) is 18.2 Å². The molecule has 0 unspecified atom stereocenters. The van der Waals surface area contributed by atoms with Gasteiger partial charge in [0.05, 0.1) is 28.2 Å². The van der Waals surface area contributed by atoms with Crippen molar-refractivity contribution in [1.29, 1.82) is 0 Å². The summed E-state index contributed by atoms with van der Waals surface area (Å²) in [6, 6.07) is 54.6. The molecule has 0 saturated carbocycles. The van der Waals surface area contributed by atoms with Gasteiger partial charge in [0.1, 0.15) is 0 Å². The third kappa shape index (κ3) is 6.19. The van der Waals surface area contributed by atoms with Gasteiger partial charge in [-0.15, -0.1) is 0 Å². The van der Waals surface area contributed by atoms with E-state index >= 15 is 0 Å². The standard InChI is InChI=1S/C53H36F6N2/c1-51(2)45-31-35(60(33-15-5-3-6-16-33)47-29-27-43(52(54,55)56)36-19-9-11-21-38(36)47)25-26-42(45)50-41-24-14-13-23-40(41)49(32-46(50)51)61(34-17-7-4-8-18-34)48-30-28-44(53(57,58)59)37-20-10-12-22-39(37)48/h3-32H,1-2H3. The van der Waals surface area contributed by atoms with Gasteiger partial charge in [0.2, 0.25) is 0 Å². The molecule has 2 nitrogen and oxygen atoms in total. The summed E-state index contributed by atoms with van der Waals surface area (Å²) >= 11 is 0. The third-order valence-corrected chi connectivity index (χ3v) is 12.1. The van der Waals surface area contributed by atoms with Crippen LogP contribution in [0.4, 0.5) is 60.5 Å². The number of alkyl halides is 6. The summed E-state index contributed by atoms with van der Waals surface area (Å²) in [5.74, 6) is 0. The molecular formula is C53H36F6N2. The quantitative estimate of drug-likeness (QED) is 0.154. The highest BCUT2D eigenvalue weighted by Gasteiger charge is 2.40. The highest BCUT2D eigenvalue weighted by atomic mass is 19.4. The first-order valence-corrected chi connectivity index (χ1v) is 19.9. The van der Waals surface area contributed by atoms with Gasteiger partial charge in [-0.2, -0.15) is 26.3 Å². The second-order valence-electron chi connectivity index (χ2n) is 15.9. The minimum Gasteiger partial charge on any atom is -0.310 e. The Morgan fingerprint density at radius 2 is 0.787 bits per heavy atom. The lowest BCUT2D eigenvalue weighted by atomic mass is 9.81. The summed E-state index contributed by atoms with van der Waals surface area (Å²) in [5, 5.41) is 3.07. The molecule has 0 heterocycles. The number of nitrogens with zero attached hydrogens (tertiary/aromatic N) is 2. The van der Waals surface area contributed by atoms with Crippen molar-refractivity contribution in [3.8, 4) is 11.1 Å². The number of halogens is 6. The molecule has 61 heavy (non-hydrogen) atoms. The van der Waals surface area contributed by atoms with Crippen LogP contribution in [0.1, 0.15) is 36.1 Å². The summed E-state index contributed by atoms with van der Waals surface area (Å²) in [5.41, 5.74) is 6.57. The highest BCUT2D eigenvalue weighted by molar-refractivity contribution is 6.12. The number of hydrogen-bond acceptors (Lipinski definition) is 2. The zero-order valence-electron chi connectivity index (χ0n) is 33.0. The SMILES string of the molecule is CC1(C)c2cc(N(c3ccccc3)c3ccc(C(F)(F)F)c4ccccc34)ccc2-c2c1cc(N(c1ccccc1)c1ccc(C(F)(F)F)c3ccccc13)c1ccccc21. The summed E-state index contributed by atoms with van der Waals surface area (Å²) in [7, 11) is 0. The number of hydrogen-bond donors (Lipinski definition) is 0. The first kappa shape index (κ1) is 38.2. The lowest BCUT2D eigenvalue weighted by Gasteiger charge is -2.31. The Kier molecular flexibility index (Phi) is 8.77. The normalized spacial score (nSPS) is 13.4.